The molecule has 9 heteroatoms. The van der Waals surface area contributed by atoms with E-state index in [9.17, 15) is 18.0 Å². The van der Waals surface area contributed by atoms with Gasteiger partial charge in [0.25, 0.3) is 5.91 Å². The number of carbonyl (C=O) groups excluding carboxylic acids is 1. The molecule has 3 rings (SSSR count). The summed E-state index contributed by atoms with van der Waals surface area (Å²) >= 11 is 0. The number of nitriles is 1. The molecule has 0 aliphatic heterocycles. The first-order valence-electron chi connectivity index (χ1n) is 8.36. The topological polar surface area (TPSA) is 79.9 Å². The van der Waals surface area contributed by atoms with Crippen molar-refractivity contribution in [1.29, 1.82) is 5.26 Å². The maximum atomic E-state index is 13.0. The number of hydrogen-bond acceptors (Lipinski definition) is 4. The summed E-state index contributed by atoms with van der Waals surface area (Å²) in [5, 5.41) is 15.7. The number of nitrogens with one attached hydrogen (secondary N) is 1. The first kappa shape index (κ1) is 19.9. The lowest BCUT2D eigenvalue weighted by molar-refractivity contribution is -0.137. The normalized spacial score (nSPS) is 11.0. The maximum Gasteiger partial charge on any atom is 0.416 e. The minimum atomic E-state index is -4.49. The zero-order valence-electron chi connectivity index (χ0n) is 15.4. The van der Waals surface area contributed by atoms with Crippen molar-refractivity contribution in [2.75, 3.05) is 12.4 Å². The van der Waals surface area contributed by atoms with Crippen LogP contribution in [0, 0.1) is 18.3 Å². The highest BCUT2D eigenvalue weighted by Crippen LogP contribution is 2.31. The SMILES string of the molecule is COc1ccc(C#N)cc1NC(=O)c1cnn(-c2cccc(C(F)(F)F)c2)c1C. The van der Waals surface area contributed by atoms with Crippen molar-refractivity contribution in [3.05, 3.63) is 71.0 Å². The molecule has 0 radical (unpaired) electrons. The first-order chi connectivity index (χ1) is 13.7. The van der Waals surface area contributed by atoms with Crippen molar-refractivity contribution >= 4 is 11.6 Å². The van der Waals surface area contributed by atoms with Gasteiger partial charge in [-0.1, -0.05) is 6.07 Å². The number of aromatic nitrogens is 2. The summed E-state index contributed by atoms with van der Waals surface area (Å²) < 4.78 is 45.3. The molecule has 0 bridgehead atoms. The van der Waals surface area contributed by atoms with Crippen LogP contribution in [0.2, 0.25) is 0 Å². The van der Waals surface area contributed by atoms with Crippen LogP contribution in [-0.4, -0.2) is 22.8 Å². The molecule has 1 heterocycles. The van der Waals surface area contributed by atoms with E-state index >= 15 is 0 Å². The summed E-state index contributed by atoms with van der Waals surface area (Å²) in [4.78, 5) is 12.7. The van der Waals surface area contributed by atoms with Crippen LogP contribution in [0.4, 0.5) is 18.9 Å². The fourth-order valence-corrected chi connectivity index (χ4v) is 2.77. The minimum absolute atomic E-state index is 0.173. The largest absolute Gasteiger partial charge is 0.495 e. The Balaban J connectivity index is 1.92. The minimum Gasteiger partial charge on any atom is -0.495 e. The Morgan fingerprint density at radius 3 is 2.66 bits per heavy atom. The molecule has 6 nitrogen and oxygen atoms in total. The lowest BCUT2D eigenvalue weighted by Gasteiger charge is -2.11. The number of benzene rings is 2. The molecule has 0 atom stereocenters. The van der Waals surface area contributed by atoms with E-state index in [1.54, 1.807) is 19.1 Å². The van der Waals surface area contributed by atoms with Crippen LogP contribution >= 0.6 is 0 Å². The zero-order valence-corrected chi connectivity index (χ0v) is 15.4. The van der Waals surface area contributed by atoms with Crippen LogP contribution < -0.4 is 10.1 Å². The number of carbonyl (C=O) groups is 1. The summed E-state index contributed by atoms with van der Waals surface area (Å²) in [7, 11) is 1.42. The number of alkyl halides is 3. The van der Waals surface area contributed by atoms with Crippen LogP contribution in [-0.2, 0) is 6.18 Å². The number of ether oxygens (including phenoxy) is 1. The lowest BCUT2D eigenvalue weighted by Crippen LogP contribution is -2.14. The van der Waals surface area contributed by atoms with Crippen molar-refractivity contribution in [2.24, 2.45) is 0 Å². The molecule has 3 aromatic rings. The summed E-state index contributed by atoms with van der Waals surface area (Å²) in [5.74, 6) is -0.172. The molecule has 1 N–H and O–H groups in total. The second-order valence-corrected chi connectivity index (χ2v) is 6.08. The third-order valence-electron chi connectivity index (χ3n) is 4.25. The van der Waals surface area contributed by atoms with Gasteiger partial charge in [0.2, 0.25) is 0 Å². The van der Waals surface area contributed by atoms with Gasteiger partial charge in [0.05, 0.1) is 53.1 Å². The monoisotopic (exact) mass is 400 g/mol. The van der Waals surface area contributed by atoms with Crippen LogP contribution in [0.25, 0.3) is 5.69 Å². The summed E-state index contributed by atoms with van der Waals surface area (Å²) in [5.41, 5.74) is 0.527. The van der Waals surface area contributed by atoms with E-state index in [0.29, 0.717) is 22.7 Å². The van der Waals surface area contributed by atoms with E-state index in [1.165, 1.54) is 36.2 Å². The van der Waals surface area contributed by atoms with E-state index in [0.717, 1.165) is 12.1 Å². The number of hydrogen-bond donors (Lipinski definition) is 1. The molecule has 0 aliphatic carbocycles. The van der Waals surface area contributed by atoms with Crippen LogP contribution in [0.1, 0.15) is 27.2 Å². The predicted molar refractivity (Wildman–Crippen MR) is 99.0 cm³/mol. The van der Waals surface area contributed by atoms with E-state index < -0.39 is 17.6 Å². The molecule has 0 aliphatic rings. The van der Waals surface area contributed by atoms with Crippen LogP contribution in [0.3, 0.4) is 0 Å². The molecule has 1 amide bonds. The summed E-state index contributed by atoms with van der Waals surface area (Å²) in [6.45, 7) is 1.57. The average Bonchev–Trinajstić information content (AvgIpc) is 3.08. The predicted octanol–water partition coefficient (Wildman–Crippen LogP) is 4.33. The van der Waals surface area contributed by atoms with Gasteiger partial charge in [0.15, 0.2) is 0 Å². The van der Waals surface area contributed by atoms with Crippen molar-refractivity contribution in [1.82, 2.24) is 9.78 Å². The van der Waals surface area contributed by atoms with E-state index in [4.69, 9.17) is 10.00 Å². The third kappa shape index (κ3) is 4.06. The van der Waals surface area contributed by atoms with E-state index in [1.807, 2.05) is 6.07 Å². The molecule has 148 valence electrons. The molecule has 0 spiro atoms. The highest BCUT2D eigenvalue weighted by molar-refractivity contribution is 6.05. The molecular weight excluding hydrogens is 385 g/mol. The van der Waals surface area contributed by atoms with Crippen molar-refractivity contribution in [2.45, 2.75) is 13.1 Å². The van der Waals surface area contributed by atoms with Gasteiger partial charge in [0, 0.05) is 0 Å². The molecule has 2 aromatic carbocycles. The lowest BCUT2D eigenvalue weighted by atomic mass is 10.1. The quantitative estimate of drug-likeness (QED) is 0.707. The number of rotatable bonds is 4. The number of nitrogens with zero attached hydrogens (tertiary/aromatic N) is 3. The maximum absolute atomic E-state index is 13.0. The Morgan fingerprint density at radius 2 is 2.00 bits per heavy atom. The number of amides is 1. The smallest absolute Gasteiger partial charge is 0.416 e. The van der Waals surface area contributed by atoms with E-state index in [-0.39, 0.29) is 11.3 Å². The number of anilines is 1. The molecule has 29 heavy (non-hydrogen) atoms. The Bertz CT molecular complexity index is 1110. The second kappa shape index (κ2) is 7.67. The van der Waals surface area contributed by atoms with Gasteiger partial charge in [-0.15, -0.1) is 0 Å². The van der Waals surface area contributed by atoms with Gasteiger partial charge >= 0.3 is 6.18 Å². The molecule has 0 saturated carbocycles. The summed E-state index contributed by atoms with van der Waals surface area (Å²) in [6.07, 6.45) is -3.22. The van der Waals surface area contributed by atoms with Gasteiger partial charge < -0.3 is 10.1 Å². The van der Waals surface area contributed by atoms with Gasteiger partial charge in [0.1, 0.15) is 5.75 Å². The third-order valence-corrected chi connectivity index (χ3v) is 4.25. The molecule has 0 fully saturated rings. The molecule has 1 aromatic heterocycles. The fraction of sp³-hybridized carbons (Fsp3) is 0.150. The standard InChI is InChI=1S/C20H15F3N4O2/c1-12-16(19(28)26-17-8-13(10-24)6-7-18(17)29-2)11-25-27(12)15-5-3-4-14(9-15)20(21,22)23/h3-9,11H,1-2H3,(H,26,28). The van der Waals surface area contributed by atoms with Crippen molar-refractivity contribution in [3.63, 3.8) is 0 Å². The van der Waals surface area contributed by atoms with Gasteiger partial charge in [-0.25, -0.2) is 4.68 Å². The average molecular weight is 400 g/mol. The Kier molecular flexibility index (Phi) is 5.28. The fourth-order valence-electron chi connectivity index (χ4n) is 2.77. The highest BCUT2D eigenvalue weighted by atomic mass is 19.4. The Hall–Kier alpha value is -3.80. The van der Waals surface area contributed by atoms with Crippen molar-refractivity contribution in [3.8, 4) is 17.5 Å². The molecular formula is C20H15F3N4O2. The van der Waals surface area contributed by atoms with Gasteiger partial charge in [-0.05, 0) is 43.3 Å². The van der Waals surface area contributed by atoms with E-state index in [2.05, 4.69) is 10.4 Å². The Morgan fingerprint density at radius 1 is 1.24 bits per heavy atom. The zero-order chi connectivity index (χ0) is 21.2. The molecule has 0 saturated heterocycles. The number of methoxy groups -OCH3 is 1. The molecule has 0 unspecified atom stereocenters. The van der Waals surface area contributed by atoms with Crippen molar-refractivity contribution < 1.29 is 22.7 Å². The summed E-state index contributed by atoms with van der Waals surface area (Å²) in [6, 6.07) is 11.2. The highest BCUT2D eigenvalue weighted by Gasteiger charge is 2.30. The van der Waals surface area contributed by atoms with Crippen LogP contribution in [0.5, 0.6) is 5.75 Å². The number of halogens is 3. The van der Waals surface area contributed by atoms with Gasteiger partial charge in [-0.3, -0.25) is 4.79 Å². The van der Waals surface area contributed by atoms with Gasteiger partial charge in [-0.2, -0.15) is 23.5 Å². The Labute approximate surface area is 164 Å². The first-order valence-corrected chi connectivity index (χ1v) is 8.36. The second-order valence-electron chi connectivity index (χ2n) is 6.08. The van der Waals surface area contributed by atoms with Crippen LogP contribution in [0.15, 0.2) is 48.7 Å².